The van der Waals surface area contributed by atoms with Crippen molar-refractivity contribution in [2.75, 3.05) is 13.1 Å². The predicted octanol–water partition coefficient (Wildman–Crippen LogP) is 4.56. The van der Waals surface area contributed by atoms with Gasteiger partial charge in [-0.3, -0.25) is 14.6 Å². The van der Waals surface area contributed by atoms with Crippen molar-refractivity contribution in [1.82, 2.24) is 15.2 Å². The van der Waals surface area contributed by atoms with Crippen molar-refractivity contribution in [2.24, 2.45) is 11.8 Å². The van der Waals surface area contributed by atoms with E-state index in [2.05, 4.69) is 29.4 Å². The Balaban J connectivity index is 1.45. The van der Waals surface area contributed by atoms with Gasteiger partial charge in [0.05, 0.1) is 30.2 Å². The summed E-state index contributed by atoms with van der Waals surface area (Å²) in [5, 5.41) is 12.2. The fraction of sp³-hybridized carbons (Fsp3) is 0.462. The molecule has 178 valence electrons. The van der Waals surface area contributed by atoms with Crippen molar-refractivity contribution in [3.63, 3.8) is 0 Å². The maximum atomic E-state index is 13.6. The minimum Gasteiger partial charge on any atom is -0.343 e. The van der Waals surface area contributed by atoms with Crippen LogP contribution in [-0.4, -0.2) is 46.8 Å². The summed E-state index contributed by atoms with van der Waals surface area (Å²) in [6.07, 6.45) is 9.99. The van der Waals surface area contributed by atoms with Crippen molar-refractivity contribution >= 4 is 28.8 Å². The van der Waals surface area contributed by atoms with Crippen LogP contribution in [0, 0.1) is 23.2 Å². The van der Waals surface area contributed by atoms with Crippen LogP contribution in [0.25, 0.3) is 17.0 Å². The summed E-state index contributed by atoms with van der Waals surface area (Å²) in [5.74, 6) is -2.95. The standard InChI is InChI=1S/C26H28F2N4O2/c1-17-2-4-18(5-3-17)6-7-19-8-9-23-22(12-19)21(10-11-30-23)25(34)31-15-24(33)32-16-26(27,28)13-20(32)14-29/h6-12,17-18,20H,2-5,13,15-16H2,1H3,(H,31,34)/b7-6+. The fourth-order valence-corrected chi connectivity index (χ4v) is 4.74. The van der Waals surface area contributed by atoms with Gasteiger partial charge in [-0.15, -0.1) is 0 Å². The number of carbonyl (C=O) groups excluding carboxylic acids is 2. The molecule has 1 aliphatic heterocycles. The van der Waals surface area contributed by atoms with Gasteiger partial charge in [-0.1, -0.05) is 38.0 Å². The molecule has 1 aliphatic carbocycles. The molecular formula is C26H28F2N4O2. The molecule has 4 rings (SSSR count). The molecule has 1 aromatic heterocycles. The molecule has 1 saturated carbocycles. The zero-order chi connectivity index (χ0) is 24.3. The molecule has 1 unspecified atom stereocenters. The summed E-state index contributed by atoms with van der Waals surface area (Å²) < 4.78 is 27.2. The highest BCUT2D eigenvalue weighted by Crippen LogP contribution is 2.32. The van der Waals surface area contributed by atoms with E-state index in [0.717, 1.165) is 16.4 Å². The Morgan fingerprint density at radius 1 is 1.26 bits per heavy atom. The van der Waals surface area contributed by atoms with Crippen molar-refractivity contribution in [2.45, 2.75) is 51.0 Å². The van der Waals surface area contributed by atoms with E-state index in [9.17, 15) is 18.4 Å². The van der Waals surface area contributed by atoms with Gasteiger partial charge >= 0.3 is 0 Å². The van der Waals surface area contributed by atoms with E-state index in [4.69, 9.17) is 5.26 Å². The number of pyridine rings is 1. The van der Waals surface area contributed by atoms with E-state index in [1.165, 1.54) is 31.9 Å². The molecular weight excluding hydrogens is 438 g/mol. The summed E-state index contributed by atoms with van der Waals surface area (Å²) in [5.41, 5.74) is 1.95. The summed E-state index contributed by atoms with van der Waals surface area (Å²) in [4.78, 5) is 30.4. The van der Waals surface area contributed by atoms with E-state index in [0.29, 0.717) is 22.4 Å². The topological polar surface area (TPSA) is 86.1 Å². The minimum atomic E-state index is -3.10. The van der Waals surface area contributed by atoms with Gasteiger partial charge < -0.3 is 10.2 Å². The second-order valence-electron chi connectivity index (χ2n) is 9.42. The third-order valence-electron chi connectivity index (χ3n) is 6.77. The fourth-order valence-electron chi connectivity index (χ4n) is 4.74. The average Bonchev–Trinajstić information content (AvgIpc) is 3.16. The zero-order valence-electron chi connectivity index (χ0n) is 19.1. The van der Waals surface area contributed by atoms with Crippen LogP contribution in [-0.2, 0) is 4.79 Å². The Kier molecular flexibility index (Phi) is 6.92. The van der Waals surface area contributed by atoms with Crippen LogP contribution in [0.15, 0.2) is 36.5 Å². The Bertz CT molecular complexity index is 1150. The van der Waals surface area contributed by atoms with Gasteiger partial charge in [-0.05, 0) is 48.4 Å². The summed E-state index contributed by atoms with van der Waals surface area (Å²) >= 11 is 0. The van der Waals surface area contributed by atoms with Crippen molar-refractivity contribution < 1.29 is 18.4 Å². The molecule has 2 aromatic rings. The lowest BCUT2D eigenvalue weighted by molar-refractivity contribution is -0.131. The number of fused-ring (bicyclic) bond motifs is 1. The lowest BCUT2D eigenvalue weighted by Crippen LogP contribution is -2.43. The Hall–Kier alpha value is -3.34. The third-order valence-corrected chi connectivity index (χ3v) is 6.77. The third kappa shape index (κ3) is 5.41. The van der Waals surface area contributed by atoms with Gasteiger partial charge in [-0.2, -0.15) is 5.26 Å². The lowest BCUT2D eigenvalue weighted by Gasteiger charge is -2.23. The van der Waals surface area contributed by atoms with Crippen molar-refractivity contribution in [3.05, 3.63) is 47.7 Å². The van der Waals surface area contributed by atoms with Gasteiger partial charge in [0, 0.05) is 18.0 Å². The number of carbonyl (C=O) groups is 2. The van der Waals surface area contributed by atoms with Crippen LogP contribution in [0.2, 0.25) is 0 Å². The van der Waals surface area contributed by atoms with E-state index in [1.54, 1.807) is 12.1 Å². The number of alkyl halides is 2. The largest absolute Gasteiger partial charge is 0.343 e. The normalized spacial score (nSPS) is 24.3. The number of rotatable bonds is 5. The van der Waals surface area contributed by atoms with Crippen molar-refractivity contribution in [3.8, 4) is 6.07 Å². The number of nitrogens with zero attached hydrogens (tertiary/aromatic N) is 3. The first-order valence-corrected chi connectivity index (χ1v) is 11.7. The minimum absolute atomic E-state index is 0.350. The van der Waals surface area contributed by atoms with Gasteiger partial charge in [0.15, 0.2) is 0 Å². The Labute approximate surface area is 197 Å². The molecule has 0 bridgehead atoms. The summed E-state index contributed by atoms with van der Waals surface area (Å²) in [6, 6.07) is 7.82. The first-order valence-electron chi connectivity index (χ1n) is 11.7. The number of amides is 2. The first-order chi connectivity index (χ1) is 16.3. The van der Waals surface area contributed by atoms with E-state index in [-0.39, 0.29) is 0 Å². The maximum Gasteiger partial charge on any atom is 0.268 e. The van der Waals surface area contributed by atoms with Crippen LogP contribution in [0.1, 0.15) is 54.9 Å². The van der Waals surface area contributed by atoms with Crippen LogP contribution in [0.4, 0.5) is 8.78 Å². The number of hydrogen-bond acceptors (Lipinski definition) is 4. The number of nitriles is 1. The maximum absolute atomic E-state index is 13.6. The van der Waals surface area contributed by atoms with Crippen LogP contribution in [0.3, 0.4) is 0 Å². The van der Waals surface area contributed by atoms with Crippen LogP contribution >= 0.6 is 0 Å². The quantitative estimate of drug-likeness (QED) is 0.700. The predicted molar refractivity (Wildman–Crippen MR) is 125 cm³/mol. The van der Waals surface area contributed by atoms with Crippen LogP contribution < -0.4 is 5.32 Å². The first kappa shape index (κ1) is 23.8. The van der Waals surface area contributed by atoms with Gasteiger partial charge in [0.25, 0.3) is 11.8 Å². The number of benzene rings is 1. The summed E-state index contributed by atoms with van der Waals surface area (Å²) in [6.45, 7) is 1.02. The second-order valence-corrected chi connectivity index (χ2v) is 9.42. The number of likely N-dealkylation sites (tertiary alicyclic amines) is 1. The molecule has 1 saturated heterocycles. The molecule has 6 nitrogen and oxygen atoms in total. The lowest BCUT2D eigenvalue weighted by atomic mass is 9.83. The average molecular weight is 467 g/mol. The molecule has 0 radical (unpaired) electrons. The zero-order valence-corrected chi connectivity index (χ0v) is 19.1. The molecule has 1 N–H and O–H groups in total. The molecule has 1 aromatic carbocycles. The van der Waals surface area contributed by atoms with Gasteiger partial charge in [0.2, 0.25) is 5.91 Å². The molecule has 8 heteroatoms. The van der Waals surface area contributed by atoms with Gasteiger partial charge in [0.1, 0.15) is 6.04 Å². The summed E-state index contributed by atoms with van der Waals surface area (Å²) in [7, 11) is 0. The number of allylic oxidation sites excluding steroid dienone is 1. The Morgan fingerprint density at radius 3 is 2.76 bits per heavy atom. The number of hydrogen-bond donors (Lipinski definition) is 1. The Morgan fingerprint density at radius 2 is 2.03 bits per heavy atom. The molecule has 1 atom stereocenters. The highest BCUT2D eigenvalue weighted by atomic mass is 19.3. The highest BCUT2D eigenvalue weighted by molar-refractivity contribution is 6.07. The SMILES string of the molecule is CC1CCC(/C=C/c2ccc3nccc(C(=O)NCC(=O)N4CC(F)(F)CC4C#N)c3c2)CC1. The number of halogens is 2. The highest BCUT2D eigenvalue weighted by Gasteiger charge is 2.47. The van der Waals surface area contributed by atoms with Crippen LogP contribution in [0.5, 0.6) is 0 Å². The van der Waals surface area contributed by atoms with Crippen molar-refractivity contribution in [1.29, 1.82) is 5.26 Å². The number of aromatic nitrogens is 1. The molecule has 34 heavy (non-hydrogen) atoms. The molecule has 2 heterocycles. The van der Waals surface area contributed by atoms with E-state index >= 15 is 0 Å². The van der Waals surface area contributed by atoms with Gasteiger partial charge in [-0.25, -0.2) is 8.78 Å². The van der Waals surface area contributed by atoms with E-state index in [1.807, 2.05) is 18.2 Å². The molecule has 2 amide bonds. The molecule has 2 fully saturated rings. The second kappa shape index (κ2) is 9.88. The molecule has 2 aliphatic rings. The molecule has 0 spiro atoms. The monoisotopic (exact) mass is 466 g/mol. The van der Waals surface area contributed by atoms with E-state index < -0.39 is 43.3 Å². The smallest absolute Gasteiger partial charge is 0.268 e. The number of nitrogens with one attached hydrogen (secondary N) is 1.